The van der Waals surface area contributed by atoms with E-state index in [1.165, 1.54) is 6.92 Å². The number of rotatable bonds is 9. The van der Waals surface area contributed by atoms with E-state index in [1.807, 2.05) is 30.3 Å². The summed E-state index contributed by atoms with van der Waals surface area (Å²) in [5, 5.41) is 10.9. The molecule has 0 heterocycles. The summed E-state index contributed by atoms with van der Waals surface area (Å²) in [5.74, 6) is -0.401. The highest BCUT2D eigenvalue weighted by molar-refractivity contribution is 8.06. The Bertz CT molecular complexity index is 846. The van der Waals surface area contributed by atoms with Crippen molar-refractivity contribution in [3.05, 3.63) is 60.2 Å². The molecule has 3 N–H and O–H groups in total. The van der Waals surface area contributed by atoms with E-state index in [4.69, 9.17) is 8.71 Å². The summed E-state index contributed by atoms with van der Waals surface area (Å²) < 4.78 is 9.72. The molecule has 0 aliphatic carbocycles. The predicted octanol–water partition coefficient (Wildman–Crippen LogP) is 3.68. The molecule has 2 aromatic carbocycles. The highest BCUT2D eigenvalue weighted by atomic mass is 32.5. The SMILES string of the molecule is CC(OP(O)(O)=S)C(COS)NC(=O)c1ccc(N=Nc2ccccc2)cc1. The van der Waals surface area contributed by atoms with E-state index >= 15 is 0 Å². The maximum absolute atomic E-state index is 12.4. The Balaban J connectivity index is 2.02. The van der Waals surface area contributed by atoms with Crippen LogP contribution in [-0.4, -0.2) is 34.4 Å². The summed E-state index contributed by atoms with van der Waals surface area (Å²) in [4.78, 5) is 31.0. The van der Waals surface area contributed by atoms with Crippen LogP contribution in [0.5, 0.6) is 0 Å². The lowest BCUT2D eigenvalue weighted by molar-refractivity contribution is 0.0816. The lowest BCUT2D eigenvalue weighted by Crippen LogP contribution is -2.45. The molecule has 2 atom stereocenters. The fourth-order valence-electron chi connectivity index (χ4n) is 2.21. The minimum absolute atomic E-state index is 0.0191. The summed E-state index contributed by atoms with van der Waals surface area (Å²) in [7, 11) is 0. The molecule has 2 aromatic rings. The molecule has 11 heteroatoms. The molecule has 0 aliphatic rings. The number of benzene rings is 2. The van der Waals surface area contributed by atoms with Gasteiger partial charge < -0.3 is 23.8 Å². The fourth-order valence-corrected chi connectivity index (χ4v) is 3.35. The van der Waals surface area contributed by atoms with E-state index in [0.29, 0.717) is 11.3 Å². The van der Waals surface area contributed by atoms with Crippen molar-refractivity contribution in [1.29, 1.82) is 0 Å². The highest BCUT2D eigenvalue weighted by Gasteiger charge is 2.25. The summed E-state index contributed by atoms with van der Waals surface area (Å²) in [6, 6.07) is 15.1. The van der Waals surface area contributed by atoms with Crippen molar-refractivity contribution in [2.24, 2.45) is 10.2 Å². The van der Waals surface area contributed by atoms with E-state index in [1.54, 1.807) is 24.3 Å². The van der Waals surface area contributed by atoms with Gasteiger partial charge in [0.1, 0.15) is 0 Å². The summed E-state index contributed by atoms with van der Waals surface area (Å²) in [6.07, 6.45) is -0.795. The molecule has 0 aromatic heterocycles. The van der Waals surface area contributed by atoms with Crippen LogP contribution in [0.2, 0.25) is 0 Å². The third-order valence-electron chi connectivity index (χ3n) is 3.61. The Kier molecular flexibility index (Phi) is 8.71. The van der Waals surface area contributed by atoms with Gasteiger partial charge in [0, 0.05) is 5.56 Å². The first-order valence-corrected chi connectivity index (χ1v) is 11.2. The molecule has 0 fully saturated rings. The normalized spacial score (nSPS) is 14.0. The van der Waals surface area contributed by atoms with Gasteiger partial charge in [0.05, 0.1) is 30.1 Å². The molecule has 0 bridgehead atoms. The molecule has 0 spiro atoms. The number of carbonyl (C=O) groups is 1. The molecule has 8 nitrogen and oxygen atoms in total. The molecule has 1 amide bonds. The Morgan fingerprint density at radius 1 is 1.14 bits per heavy atom. The summed E-state index contributed by atoms with van der Waals surface area (Å²) in [5.41, 5.74) is 1.69. The lowest BCUT2D eigenvalue weighted by Gasteiger charge is -2.25. The first kappa shape index (κ1) is 22.6. The Labute approximate surface area is 173 Å². The van der Waals surface area contributed by atoms with Crippen molar-refractivity contribution >= 4 is 48.7 Å². The quantitative estimate of drug-likeness (QED) is 0.204. The third kappa shape index (κ3) is 7.76. The van der Waals surface area contributed by atoms with Crippen LogP contribution in [-0.2, 0) is 20.5 Å². The van der Waals surface area contributed by atoms with Gasteiger partial charge in [-0.05, 0) is 68.0 Å². The van der Waals surface area contributed by atoms with Crippen molar-refractivity contribution in [2.75, 3.05) is 6.61 Å². The minimum Gasteiger partial charge on any atom is -0.344 e. The average Bonchev–Trinajstić information content (AvgIpc) is 2.66. The zero-order valence-corrected chi connectivity index (χ0v) is 17.5. The maximum Gasteiger partial charge on any atom is 0.322 e. The second kappa shape index (κ2) is 10.8. The molecular weight excluding hydrogens is 421 g/mol. The van der Waals surface area contributed by atoms with Gasteiger partial charge in [0.15, 0.2) is 0 Å². The average molecular weight is 441 g/mol. The van der Waals surface area contributed by atoms with Crippen LogP contribution in [0.1, 0.15) is 17.3 Å². The number of carbonyl (C=O) groups excluding carboxylic acids is 1. The van der Waals surface area contributed by atoms with Gasteiger partial charge in [-0.25, -0.2) is 0 Å². The lowest BCUT2D eigenvalue weighted by atomic mass is 10.1. The van der Waals surface area contributed by atoms with Crippen LogP contribution >= 0.6 is 19.6 Å². The molecule has 28 heavy (non-hydrogen) atoms. The first-order chi connectivity index (χ1) is 13.3. The van der Waals surface area contributed by atoms with Gasteiger partial charge in [-0.1, -0.05) is 18.2 Å². The number of nitrogens with one attached hydrogen (secondary N) is 1. The highest BCUT2D eigenvalue weighted by Crippen LogP contribution is 2.38. The van der Waals surface area contributed by atoms with Crippen LogP contribution in [0.4, 0.5) is 11.4 Å². The van der Waals surface area contributed by atoms with Crippen molar-refractivity contribution in [3.63, 3.8) is 0 Å². The number of thiol groups is 1. The van der Waals surface area contributed by atoms with Crippen LogP contribution in [0.15, 0.2) is 64.8 Å². The Hall–Kier alpha value is -1.65. The van der Waals surface area contributed by atoms with E-state index in [2.05, 4.69) is 40.3 Å². The summed E-state index contributed by atoms with van der Waals surface area (Å²) in [6.45, 7) is -2.35. The second-order valence-corrected chi connectivity index (χ2v) is 8.64. The molecular formula is C17H20N3O5PS2. The Morgan fingerprint density at radius 2 is 1.71 bits per heavy atom. The third-order valence-corrected chi connectivity index (χ3v) is 4.62. The number of nitrogens with zero attached hydrogens (tertiary/aromatic N) is 2. The smallest absolute Gasteiger partial charge is 0.322 e. The van der Waals surface area contributed by atoms with Crippen LogP contribution in [0, 0.1) is 0 Å². The maximum atomic E-state index is 12.4. The number of amides is 1. The molecule has 0 aliphatic heterocycles. The summed E-state index contributed by atoms with van der Waals surface area (Å²) >= 11 is 8.13. The van der Waals surface area contributed by atoms with E-state index < -0.39 is 24.8 Å². The zero-order valence-electron chi connectivity index (χ0n) is 14.9. The van der Waals surface area contributed by atoms with Gasteiger partial charge in [-0.2, -0.15) is 10.2 Å². The molecule has 0 radical (unpaired) electrons. The van der Waals surface area contributed by atoms with E-state index in [9.17, 15) is 14.6 Å². The molecule has 0 saturated heterocycles. The molecule has 150 valence electrons. The molecule has 2 unspecified atom stereocenters. The second-order valence-electron chi connectivity index (χ2n) is 5.76. The number of hydrogen-bond donors (Lipinski definition) is 4. The van der Waals surface area contributed by atoms with Gasteiger partial charge in [0.25, 0.3) is 5.91 Å². The van der Waals surface area contributed by atoms with Crippen molar-refractivity contribution in [3.8, 4) is 0 Å². The predicted molar refractivity (Wildman–Crippen MR) is 113 cm³/mol. The van der Waals surface area contributed by atoms with Gasteiger partial charge >= 0.3 is 6.72 Å². The van der Waals surface area contributed by atoms with E-state index in [0.717, 1.165) is 5.69 Å². The number of azo groups is 1. The largest absolute Gasteiger partial charge is 0.344 e. The number of hydrogen-bond acceptors (Lipinski definition) is 7. The van der Waals surface area contributed by atoms with Crippen LogP contribution in [0.25, 0.3) is 0 Å². The zero-order chi connectivity index (χ0) is 20.6. The monoisotopic (exact) mass is 441 g/mol. The molecule has 2 rings (SSSR count). The Morgan fingerprint density at radius 3 is 2.25 bits per heavy atom. The van der Waals surface area contributed by atoms with E-state index in [-0.39, 0.29) is 6.61 Å². The van der Waals surface area contributed by atoms with Gasteiger partial charge in [-0.15, -0.1) is 0 Å². The van der Waals surface area contributed by atoms with Crippen LogP contribution in [0.3, 0.4) is 0 Å². The topological polar surface area (TPSA) is 113 Å². The molecule has 0 saturated carbocycles. The minimum atomic E-state index is -3.88. The van der Waals surface area contributed by atoms with Crippen molar-refractivity contribution in [2.45, 2.75) is 19.1 Å². The standard InChI is InChI=1S/C17H20N3O5PS2/c1-12(25-26(22,23)28)16(11-24-27)18-17(21)13-7-9-15(10-8-13)20-19-14-5-3-2-4-6-14/h2-10,12,16,27H,11H2,1H3,(H,18,21)(H2,22,23,28). The van der Waals surface area contributed by atoms with Crippen molar-refractivity contribution in [1.82, 2.24) is 5.32 Å². The van der Waals surface area contributed by atoms with Crippen LogP contribution < -0.4 is 5.32 Å². The fraction of sp³-hybridized carbons (Fsp3) is 0.235. The van der Waals surface area contributed by atoms with Crippen molar-refractivity contribution < 1.29 is 23.3 Å². The van der Waals surface area contributed by atoms with Gasteiger partial charge in [0.2, 0.25) is 0 Å². The van der Waals surface area contributed by atoms with Gasteiger partial charge in [-0.3, -0.25) is 4.79 Å². The first-order valence-electron chi connectivity index (χ1n) is 8.16.